The first-order chi connectivity index (χ1) is 9.19. The van der Waals surface area contributed by atoms with Gasteiger partial charge in [0.25, 0.3) is 0 Å². The number of allylic oxidation sites excluding steroid dienone is 1. The lowest BCUT2D eigenvalue weighted by atomic mass is 9.87. The van der Waals surface area contributed by atoms with E-state index < -0.39 is 0 Å². The van der Waals surface area contributed by atoms with Gasteiger partial charge in [0.1, 0.15) is 0 Å². The summed E-state index contributed by atoms with van der Waals surface area (Å²) in [5.41, 5.74) is 7.31. The van der Waals surface area contributed by atoms with Gasteiger partial charge in [-0.25, -0.2) is 0 Å². The number of nitrogens with two attached hydrogens (primary N) is 1. The highest BCUT2D eigenvalue weighted by molar-refractivity contribution is 5.13. The third-order valence-corrected chi connectivity index (χ3v) is 4.27. The van der Waals surface area contributed by atoms with Gasteiger partial charge in [-0.1, -0.05) is 32.1 Å². The molecule has 0 aromatic carbocycles. The van der Waals surface area contributed by atoms with E-state index in [9.17, 15) is 0 Å². The van der Waals surface area contributed by atoms with Crippen molar-refractivity contribution in [1.82, 2.24) is 5.32 Å². The van der Waals surface area contributed by atoms with Crippen molar-refractivity contribution in [3.05, 3.63) is 24.4 Å². The summed E-state index contributed by atoms with van der Waals surface area (Å²) in [5.74, 6) is 2.43. The minimum Gasteiger partial charge on any atom is -0.391 e. The topological polar surface area (TPSA) is 38.0 Å². The van der Waals surface area contributed by atoms with Crippen LogP contribution in [0.25, 0.3) is 0 Å². The lowest BCUT2D eigenvalue weighted by Crippen LogP contribution is -2.16. The van der Waals surface area contributed by atoms with Gasteiger partial charge in [0.05, 0.1) is 0 Å². The Bertz CT molecular complexity index is 277. The van der Waals surface area contributed by atoms with Gasteiger partial charge in [0.2, 0.25) is 0 Å². The zero-order valence-electron chi connectivity index (χ0n) is 12.8. The van der Waals surface area contributed by atoms with Crippen LogP contribution in [-0.4, -0.2) is 13.1 Å². The van der Waals surface area contributed by atoms with Crippen LogP contribution in [0.5, 0.6) is 0 Å². The Kier molecular flexibility index (Phi) is 7.88. The zero-order valence-corrected chi connectivity index (χ0v) is 12.8. The maximum absolute atomic E-state index is 5.80. The van der Waals surface area contributed by atoms with Crippen LogP contribution in [0.4, 0.5) is 0 Å². The molecule has 1 aliphatic carbocycles. The quantitative estimate of drug-likeness (QED) is 0.439. The van der Waals surface area contributed by atoms with E-state index >= 15 is 0 Å². The zero-order chi connectivity index (χ0) is 14.1. The molecule has 2 nitrogen and oxygen atoms in total. The summed E-state index contributed by atoms with van der Waals surface area (Å²) < 4.78 is 0. The predicted molar refractivity (Wildman–Crippen MR) is 84.9 cm³/mol. The number of hydrogen-bond acceptors (Lipinski definition) is 2. The van der Waals surface area contributed by atoms with Crippen molar-refractivity contribution in [2.75, 3.05) is 13.1 Å². The van der Waals surface area contributed by atoms with Crippen LogP contribution in [0.1, 0.15) is 52.4 Å². The molecule has 0 heterocycles. The van der Waals surface area contributed by atoms with E-state index in [0.717, 1.165) is 30.8 Å². The van der Waals surface area contributed by atoms with Crippen LogP contribution in [-0.2, 0) is 0 Å². The molecule has 0 amide bonds. The third kappa shape index (κ3) is 6.81. The molecule has 0 bridgehead atoms. The first-order valence-corrected chi connectivity index (χ1v) is 7.92. The van der Waals surface area contributed by atoms with Gasteiger partial charge < -0.3 is 11.1 Å². The van der Waals surface area contributed by atoms with Crippen molar-refractivity contribution < 1.29 is 0 Å². The molecule has 110 valence electrons. The first kappa shape index (κ1) is 16.3. The smallest absolute Gasteiger partial charge is 0.0144 e. The van der Waals surface area contributed by atoms with Gasteiger partial charge in [-0.05, 0) is 62.5 Å². The summed E-state index contributed by atoms with van der Waals surface area (Å²) in [7, 11) is 0. The van der Waals surface area contributed by atoms with Gasteiger partial charge in [-0.2, -0.15) is 0 Å². The van der Waals surface area contributed by atoms with Crippen molar-refractivity contribution in [3.63, 3.8) is 0 Å². The Morgan fingerprint density at radius 1 is 1.37 bits per heavy atom. The van der Waals surface area contributed by atoms with Gasteiger partial charge in [-0.3, -0.25) is 0 Å². The average Bonchev–Trinajstić information content (AvgIpc) is 3.21. The lowest BCUT2D eigenvalue weighted by molar-refractivity contribution is 0.329. The fraction of sp³-hybridized carbons (Fsp3) is 0.765. The molecule has 1 unspecified atom stereocenters. The molecule has 1 saturated carbocycles. The van der Waals surface area contributed by atoms with Gasteiger partial charge in [0, 0.05) is 13.1 Å². The Balaban J connectivity index is 2.21. The monoisotopic (exact) mass is 264 g/mol. The van der Waals surface area contributed by atoms with Crippen molar-refractivity contribution in [2.24, 2.45) is 23.5 Å². The molecule has 0 spiro atoms. The summed E-state index contributed by atoms with van der Waals surface area (Å²) in [6, 6.07) is 0. The van der Waals surface area contributed by atoms with E-state index in [1.165, 1.54) is 44.1 Å². The summed E-state index contributed by atoms with van der Waals surface area (Å²) in [5, 5.41) is 3.21. The first-order valence-electron chi connectivity index (χ1n) is 7.92. The summed E-state index contributed by atoms with van der Waals surface area (Å²) in [4.78, 5) is 0. The molecule has 2 heteroatoms. The number of unbranched alkanes of at least 4 members (excludes halogenated alkanes) is 1. The minimum atomic E-state index is 0.765. The van der Waals surface area contributed by atoms with Crippen LogP contribution in [0.15, 0.2) is 24.4 Å². The van der Waals surface area contributed by atoms with E-state index in [1.807, 2.05) is 0 Å². The second-order valence-electron chi connectivity index (χ2n) is 6.14. The van der Waals surface area contributed by atoms with E-state index in [1.54, 1.807) is 6.20 Å². The van der Waals surface area contributed by atoms with Crippen molar-refractivity contribution in [2.45, 2.75) is 52.4 Å². The Morgan fingerprint density at radius 2 is 2.11 bits per heavy atom. The van der Waals surface area contributed by atoms with E-state index in [-0.39, 0.29) is 0 Å². The minimum absolute atomic E-state index is 0.765. The molecule has 1 rings (SSSR count). The van der Waals surface area contributed by atoms with Crippen LogP contribution >= 0.6 is 0 Å². The second kappa shape index (κ2) is 9.19. The van der Waals surface area contributed by atoms with Crippen molar-refractivity contribution >= 4 is 0 Å². The molecule has 1 fully saturated rings. The van der Waals surface area contributed by atoms with Crippen molar-refractivity contribution in [1.29, 1.82) is 0 Å². The van der Waals surface area contributed by atoms with Crippen LogP contribution < -0.4 is 11.1 Å². The van der Waals surface area contributed by atoms with Crippen LogP contribution in [0.3, 0.4) is 0 Å². The molecule has 19 heavy (non-hydrogen) atoms. The maximum atomic E-state index is 5.80. The van der Waals surface area contributed by atoms with E-state index in [2.05, 4.69) is 31.8 Å². The fourth-order valence-electron chi connectivity index (χ4n) is 2.72. The Labute approximate surface area is 119 Å². The third-order valence-electron chi connectivity index (χ3n) is 4.27. The molecule has 0 aromatic heterocycles. The van der Waals surface area contributed by atoms with E-state index in [4.69, 9.17) is 5.73 Å². The van der Waals surface area contributed by atoms with Gasteiger partial charge in [-0.15, -0.1) is 0 Å². The number of hydrogen-bond donors (Lipinski definition) is 2. The molecule has 1 atom stereocenters. The highest BCUT2D eigenvalue weighted by Gasteiger charge is 2.24. The summed E-state index contributed by atoms with van der Waals surface area (Å²) >= 11 is 0. The standard InChI is InChI=1S/C17H32N2/c1-4-19-12-11-15(14(2)3)7-5-6-8-17(13-18)16-9-10-16/h4,8,14-16,19H,1,5-7,9-13,18H2,2-3H3/b17-8+. The number of rotatable bonds is 11. The molecule has 3 N–H and O–H groups in total. The summed E-state index contributed by atoms with van der Waals surface area (Å²) in [6.45, 7) is 10.2. The predicted octanol–water partition coefficient (Wildman–Crippen LogP) is 3.85. The molecule has 1 aliphatic rings. The maximum Gasteiger partial charge on any atom is 0.0144 e. The van der Waals surface area contributed by atoms with Gasteiger partial charge in [0.15, 0.2) is 0 Å². The highest BCUT2D eigenvalue weighted by Crippen LogP contribution is 2.36. The SMILES string of the molecule is C=CNCCC(CCC/C=C(\CN)C1CC1)C(C)C. The average molecular weight is 264 g/mol. The summed E-state index contributed by atoms with van der Waals surface area (Å²) in [6.07, 6.45) is 12.0. The molecule has 0 aliphatic heterocycles. The molecular formula is C17H32N2. The van der Waals surface area contributed by atoms with E-state index in [0.29, 0.717) is 0 Å². The Hall–Kier alpha value is -0.760. The highest BCUT2D eigenvalue weighted by atomic mass is 14.8. The van der Waals surface area contributed by atoms with Crippen molar-refractivity contribution in [3.8, 4) is 0 Å². The molecular weight excluding hydrogens is 232 g/mol. The second-order valence-corrected chi connectivity index (χ2v) is 6.14. The lowest BCUT2D eigenvalue weighted by Gasteiger charge is -2.20. The van der Waals surface area contributed by atoms with Crippen LogP contribution in [0.2, 0.25) is 0 Å². The molecule has 0 saturated heterocycles. The molecule has 0 aromatic rings. The number of nitrogens with one attached hydrogen (secondary N) is 1. The normalized spacial score (nSPS) is 17.6. The Morgan fingerprint density at radius 3 is 2.63 bits per heavy atom. The van der Waals surface area contributed by atoms with Crippen LogP contribution in [0, 0.1) is 17.8 Å². The molecule has 0 radical (unpaired) electrons. The largest absolute Gasteiger partial charge is 0.391 e. The van der Waals surface area contributed by atoms with Gasteiger partial charge >= 0.3 is 0 Å². The fourth-order valence-corrected chi connectivity index (χ4v) is 2.72.